The lowest BCUT2D eigenvalue weighted by molar-refractivity contribution is 0.538. The zero-order valence-electron chi connectivity index (χ0n) is 16.5. The smallest absolute Gasteiger partial charge is 0.320 e. The Morgan fingerprint density at radius 3 is 2.38 bits per heavy atom. The van der Waals surface area contributed by atoms with Crippen molar-refractivity contribution in [3.05, 3.63) is 92.6 Å². The third-order valence-corrected chi connectivity index (χ3v) is 4.96. The van der Waals surface area contributed by atoms with E-state index in [9.17, 15) is 14.0 Å². The lowest BCUT2D eigenvalue weighted by Gasteiger charge is -2.15. The SMILES string of the molecule is Cc1ccc(-n2c(=O)n(C(C)C)c(=O)c3c2ncn3Cc2ccccc2F)cc1. The summed E-state index contributed by atoms with van der Waals surface area (Å²) < 4.78 is 18.4. The standard InChI is InChI=1S/C22H21FN4O2/c1-14(2)26-21(28)19-20(27(22(26)29)17-10-8-15(3)9-11-17)24-13-25(19)12-16-6-4-5-7-18(16)23/h4-11,13-14H,12H2,1-3H3. The maximum Gasteiger partial charge on any atom is 0.337 e. The first kappa shape index (κ1) is 18.9. The first-order chi connectivity index (χ1) is 13.9. The fourth-order valence-electron chi connectivity index (χ4n) is 3.47. The molecule has 29 heavy (non-hydrogen) atoms. The van der Waals surface area contributed by atoms with Crippen molar-refractivity contribution in [2.24, 2.45) is 0 Å². The number of hydrogen-bond acceptors (Lipinski definition) is 3. The molecule has 0 radical (unpaired) electrons. The summed E-state index contributed by atoms with van der Waals surface area (Å²) in [4.78, 5) is 30.7. The monoisotopic (exact) mass is 392 g/mol. The predicted octanol–water partition coefficient (Wildman–Crippen LogP) is 3.43. The number of nitrogens with zero attached hydrogens (tertiary/aromatic N) is 4. The van der Waals surface area contributed by atoms with E-state index in [-0.39, 0.29) is 29.6 Å². The summed E-state index contributed by atoms with van der Waals surface area (Å²) in [6.45, 7) is 5.67. The molecule has 0 bridgehead atoms. The summed E-state index contributed by atoms with van der Waals surface area (Å²) in [5, 5.41) is 0. The van der Waals surface area contributed by atoms with Crippen LogP contribution in [0.4, 0.5) is 4.39 Å². The van der Waals surface area contributed by atoms with Crippen LogP contribution in [0.25, 0.3) is 16.9 Å². The molecule has 0 aliphatic carbocycles. The second-order valence-electron chi connectivity index (χ2n) is 7.36. The molecule has 0 unspecified atom stereocenters. The first-order valence-electron chi connectivity index (χ1n) is 9.41. The van der Waals surface area contributed by atoms with Gasteiger partial charge in [0.1, 0.15) is 5.82 Å². The van der Waals surface area contributed by atoms with Crippen molar-refractivity contribution in [2.75, 3.05) is 0 Å². The summed E-state index contributed by atoms with van der Waals surface area (Å²) >= 11 is 0. The van der Waals surface area contributed by atoms with Crippen LogP contribution in [-0.4, -0.2) is 18.7 Å². The average Bonchev–Trinajstić information content (AvgIpc) is 3.08. The Hall–Kier alpha value is -3.48. The molecule has 4 aromatic rings. The predicted molar refractivity (Wildman–Crippen MR) is 110 cm³/mol. The summed E-state index contributed by atoms with van der Waals surface area (Å²) in [6, 6.07) is 13.5. The van der Waals surface area contributed by atoms with Gasteiger partial charge in [0.2, 0.25) is 0 Å². The maximum absolute atomic E-state index is 14.2. The maximum atomic E-state index is 14.2. The Kier molecular flexibility index (Phi) is 4.66. The van der Waals surface area contributed by atoms with E-state index in [0.29, 0.717) is 11.3 Å². The van der Waals surface area contributed by atoms with Crippen molar-refractivity contribution in [3.63, 3.8) is 0 Å². The minimum atomic E-state index is -0.447. The zero-order valence-corrected chi connectivity index (χ0v) is 16.5. The van der Waals surface area contributed by atoms with Crippen molar-refractivity contribution >= 4 is 11.2 Å². The number of imidazole rings is 1. The van der Waals surface area contributed by atoms with Crippen LogP contribution in [0.3, 0.4) is 0 Å². The molecule has 148 valence electrons. The van der Waals surface area contributed by atoms with Crippen LogP contribution < -0.4 is 11.2 Å². The third kappa shape index (κ3) is 3.18. The molecular formula is C22H21FN4O2. The summed E-state index contributed by atoms with van der Waals surface area (Å²) in [5.74, 6) is -0.356. The number of rotatable bonds is 4. The summed E-state index contributed by atoms with van der Waals surface area (Å²) in [7, 11) is 0. The van der Waals surface area contributed by atoms with Crippen LogP contribution in [-0.2, 0) is 6.54 Å². The molecule has 0 saturated heterocycles. The van der Waals surface area contributed by atoms with E-state index in [1.807, 2.05) is 31.2 Å². The van der Waals surface area contributed by atoms with Gasteiger partial charge in [0.15, 0.2) is 11.2 Å². The molecule has 0 fully saturated rings. The molecule has 4 rings (SSSR count). The Balaban J connectivity index is 2.03. The fraction of sp³-hybridized carbons (Fsp3) is 0.227. The van der Waals surface area contributed by atoms with E-state index in [1.165, 1.54) is 21.5 Å². The van der Waals surface area contributed by atoms with Gasteiger partial charge >= 0.3 is 5.69 Å². The molecule has 0 amide bonds. The molecule has 2 heterocycles. The van der Waals surface area contributed by atoms with Gasteiger partial charge in [0.25, 0.3) is 5.56 Å². The van der Waals surface area contributed by atoms with Gasteiger partial charge in [0, 0.05) is 11.6 Å². The Morgan fingerprint density at radius 2 is 1.72 bits per heavy atom. The van der Waals surface area contributed by atoms with E-state index < -0.39 is 11.2 Å². The van der Waals surface area contributed by atoms with Gasteiger partial charge in [-0.15, -0.1) is 0 Å². The third-order valence-electron chi connectivity index (χ3n) is 4.96. The number of fused-ring (bicyclic) bond motifs is 1. The van der Waals surface area contributed by atoms with Gasteiger partial charge in [-0.25, -0.2) is 18.7 Å². The minimum absolute atomic E-state index is 0.141. The minimum Gasteiger partial charge on any atom is -0.320 e. The molecule has 0 atom stereocenters. The number of hydrogen-bond donors (Lipinski definition) is 0. The van der Waals surface area contributed by atoms with E-state index in [1.54, 1.807) is 36.6 Å². The molecule has 7 heteroatoms. The van der Waals surface area contributed by atoms with Crippen molar-refractivity contribution in [2.45, 2.75) is 33.4 Å². The van der Waals surface area contributed by atoms with E-state index in [4.69, 9.17) is 0 Å². The van der Waals surface area contributed by atoms with Crippen LogP contribution >= 0.6 is 0 Å². The highest BCUT2D eigenvalue weighted by Crippen LogP contribution is 2.17. The van der Waals surface area contributed by atoms with Crippen LogP contribution in [0.1, 0.15) is 31.0 Å². The Morgan fingerprint density at radius 1 is 1.03 bits per heavy atom. The van der Waals surface area contributed by atoms with Crippen molar-refractivity contribution in [1.29, 1.82) is 0 Å². The molecule has 0 aliphatic heterocycles. The second kappa shape index (κ2) is 7.16. The number of benzene rings is 2. The van der Waals surface area contributed by atoms with Gasteiger partial charge in [-0.05, 0) is 39.0 Å². The van der Waals surface area contributed by atoms with Crippen LogP contribution in [0, 0.1) is 12.7 Å². The molecular weight excluding hydrogens is 371 g/mol. The van der Waals surface area contributed by atoms with E-state index in [2.05, 4.69) is 4.98 Å². The highest BCUT2D eigenvalue weighted by atomic mass is 19.1. The average molecular weight is 392 g/mol. The first-order valence-corrected chi connectivity index (χ1v) is 9.41. The molecule has 0 aliphatic rings. The van der Waals surface area contributed by atoms with E-state index in [0.717, 1.165) is 5.56 Å². The normalized spacial score (nSPS) is 11.5. The highest BCUT2D eigenvalue weighted by molar-refractivity contribution is 5.72. The number of aryl methyl sites for hydroxylation is 1. The van der Waals surface area contributed by atoms with Crippen LogP contribution in [0.5, 0.6) is 0 Å². The Labute approximate surface area is 166 Å². The van der Waals surface area contributed by atoms with Crippen molar-refractivity contribution in [3.8, 4) is 5.69 Å². The number of aromatic nitrogens is 4. The van der Waals surface area contributed by atoms with E-state index >= 15 is 0 Å². The summed E-state index contributed by atoms with van der Waals surface area (Å²) in [5.41, 5.74) is 1.76. The molecule has 6 nitrogen and oxygen atoms in total. The van der Waals surface area contributed by atoms with Crippen molar-refractivity contribution < 1.29 is 4.39 Å². The van der Waals surface area contributed by atoms with Crippen LogP contribution in [0.15, 0.2) is 64.4 Å². The van der Waals surface area contributed by atoms with Crippen molar-refractivity contribution in [1.82, 2.24) is 18.7 Å². The van der Waals surface area contributed by atoms with Gasteiger partial charge in [-0.1, -0.05) is 35.9 Å². The van der Waals surface area contributed by atoms with Gasteiger partial charge in [-0.3, -0.25) is 9.36 Å². The molecule has 0 spiro atoms. The number of halogens is 1. The van der Waals surface area contributed by atoms with Gasteiger partial charge < -0.3 is 4.57 Å². The van der Waals surface area contributed by atoms with Gasteiger partial charge in [-0.2, -0.15) is 0 Å². The summed E-state index contributed by atoms with van der Waals surface area (Å²) in [6.07, 6.45) is 1.48. The molecule has 2 aromatic heterocycles. The quantitative estimate of drug-likeness (QED) is 0.535. The van der Waals surface area contributed by atoms with Gasteiger partial charge in [0.05, 0.1) is 18.6 Å². The molecule has 0 saturated carbocycles. The Bertz CT molecular complexity index is 1310. The molecule has 0 N–H and O–H groups in total. The lowest BCUT2D eigenvalue weighted by atomic mass is 10.2. The lowest BCUT2D eigenvalue weighted by Crippen LogP contribution is -2.41. The molecule has 2 aromatic carbocycles. The largest absolute Gasteiger partial charge is 0.337 e. The topological polar surface area (TPSA) is 61.8 Å². The van der Waals surface area contributed by atoms with Crippen LogP contribution in [0.2, 0.25) is 0 Å². The highest BCUT2D eigenvalue weighted by Gasteiger charge is 2.21. The fourth-order valence-corrected chi connectivity index (χ4v) is 3.47. The zero-order chi connectivity index (χ0) is 20.7. The second-order valence-corrected chi connectivity index (χ2v) is 7.36.